The van der Waals surface area contributed by atoms with Gasteiger partial charge >= 0.3 is 0 Å². The van der Waals surface area contributed by atoms with Crippen molar-refractivity contribution < 1.29 is 8.90 Å². The minimum absolute atomic E-state index is 0.491. The Morgan fingerprint density at radius 2 is 2.08 bits per heavy atom. The van der Waals surface area contributed by atoms with E-state index in [1.807, 2.05) is 0 Å². The van der Waals surface area contributed by atoms with E-state index in [1.54, 1.807) is 0 Å². The van der Waals surface area contributed by atoms with Crippen LogP contribution in [-0.4, -0.2) is 14.7 Å². The highest BCUT2D eigenvalue weighted by atomic mass is 28.4. The second-order valence-electron chi connectivity index (χ2n) is 4.25. The lowest BCUT2D eigenvalue weighted by atomic mass is 10.00. The lowest BCUT2D eigenvalue weighted by molar-refractivity contribution is -0.108. The van der Waals surface area contributed by atoms with Crippen molar-refractivity contribution in [2.24, 2.45) is 5.92 Å². The van der Waals surface area contributed by atoms with Gasteiger partial charge < -0.3 is 8.90 Å². The zero-order valence-corrected chi connectivity index (χ0v) is 9.39. The molecule has 0 radical (unpaired) electrons. The fourth-order valence-corrected chi connectivity index (χ4v) is 5.76. The summed E-state index contributed by atoms with van der Waals surface area (Å²) in [6.07, 6.45) is 4.54. The van der Waals surface area contributed by atoms with Crippen molar-refractivity contribution in [3.05, 3.63) is 0 Å². The first-order valence-electron chi connectivity index (χ1n) is 5.33. The van der Waals surface area contributed by atoms with Crippen LogP contribution in [0.4, 0.5) is 4.11 Å². The molecule has 13 heavy (non-hydrogen) atoms. The van der Waals surface area contributed by atoms with Crippen LogP contribution in [0.15, 0.2) is 0 Å². The molecule has 0 aromatic heterocycles. The molecule has 76 valence electrons. The standard InChI is InChI=1S/C10H19FOSi/c1-2-7-13(11)8-4-10(3-6-12)5-9-13/h6,10H,2-5,7-9H2,1H3. The molecule has 0 aromatic carbocycles. The molecule has 0 aromatic rings. The highest BCUT2D eigenvalue weighted by Gasteiger charge is 2.37. The summed E-state index contributed by atoms with van der Waals surface area (Å²) in [6.45, 7) is 2.06. The average Bonchev–Trinajstić information content (AvgIpc) is 2.10. The molecule has 0 spiro atoms. The fraction of sp³-hybridized carbons (Fsp3) is 0.900. The predicted octanol–water partition coefficient (Wildman–Crippen LogP) is 3.31. The highest BCUT2D eigenvalue weighted by Crippen LogP contribution is 2.37. The van der Waals surface area contributed by atoms with Crippen LogP contribution in [-0.2, 0) is 4.79 Å². The normalized spacial score (nSPS) is 34.5. The summed E-state index contributed by atoms with van der Waals surface area (Å²) in [5.41, 5.74) is 0. The van der Waals surface area contributed by atoms with Crippen molar-refractivity contribution in [2.45, 2.75) is 50.7 Å². The molecule has 0 aliphatic carbocycles. The van der Waals surface area contributed by atoms with Crippen molar-refractivity contribution in [3.63, 3.8) is 0 Å². The molecule has 0 bridgehead atoms. The SMILES string of the molecule is CCC[Si]1(F)CCC(CC=O)CC1. The van der Waals surface area contributed by atoms with Crippen LogP contribution in [0.25, 0.3) is 0 Å². The zero-order chi connectivity index (χ0) is 9.73. The Morgan fingerprint density at radius 3 is 2.54 bits per heavy atom. The van der Waals surface area contributed by atoms with Gasteiger partial charge in [0.15, 0.2) is 0 Å². The molecule has 0 N–H and O–H groups in total. The van der Waals surface area contributed by atoms with Crippen LogP contribution in [0.3, 0.4) is 0 Å². The largest absolute Gasteiger partial charge is 0.314 e. The van der Waals surface area contributed by atoms with E-state index in [4.69, 9.17) is 0 Å². The van der Waals surface area contributed by atoms with Crippen LogP contribution in [0.1, 0.15) is 32.6 Å². The first kappa shape index (κ1) is 10.9. The van der Waals surface area contributed by atoms with Crippen LogP contribution in [0, 0.1) is 5.92 Å². The monoisotopic (exact) mass is 202 g/mol. The zero-order valence-electron chi connectivity index (χ0n) is 8.39. The van der Waals surface area contributed by atoms with Crippen LogP contribution in [0.2, 0.25) is 18.1 Å². The van der Waals surface area contributed by atoms with Gasteiger partial charge in [-0.15, -0.1) is 0 Å². The molecular formula is C10H19FOSi. The Bertz CT molecular complexity index is 164. The number of aldehydes is 1. The smallest absolute Gasteiger partial charge is 0.247 e. The van der Waals surface area contributed by atoms with Crippen molar-refractivity contribution in [1.82, 2.24) is 0 Å². The number of hydrogen-bond acceptors (Lipinski definition) is 1. The van der Waals surface area contributed by atoms with E-state index in [9.17, 15) is 8.90 Å². The van der Waals surface area contributed by atoms with E-state index in [-0.39, 0.29) is 0 Å². The van der Waals surface area contributed by atoms with Crippen LogP contribution >= 0.6 is 0 Å². The minimum atomic E-state index is -2.32. The van der Waals surface area contributed by atoms with Gasteiger partial charge in [-0.1, -0.05) is 26.2 Å². The van der Waals surface area contributed by atoms with Gasteiger partial charge in [0.05, 0.1) is 0 Å². The molecule has 1 saturated heterocycles. The van der Waals surface area contributed by atoms with Crippen molar-refractivity contribution in [2.75, 3.05) is 0 Å². The first-order chi connectivity index (χ1) is 6.20. The molecular weight excluding hydrogens is 183 g/mol. The molecule has 1 rings (SSSR count). The van der Waals surface area contributed by atoms with Crippen molar-refractivity contribution >= 4 is 14.7 Å². The molecule has 3 heteroatoms. The molecule has 0 saturated carbocycles. The van der Waals surface area contributed by atoms with Gasteiger partial charge in [-0.3, -0.25) is 0 Å². The third kappa shape index (κ3) is 3.22. The van der Waals surface area contributed by atoms with E-state index in [0.29, 0.717) is 12.3 Å². The number of hydrogen-bond donors (Lipinski definition) is 0. The van der Waals surface area contributed by atoms with Crippen LogP contribution < -0.4 is 0 Å². The van der Waals surface area contributed by atoms with Gasteiger partial charge in [0.25, 0.3) is 0 Å². The molecule has 0 amide bonds. The molecule has 0 atom stereocenters. The topological polar surface area (TPSA) is 17.1 Å². The molecule has 1 aliphatic heterocycles. The van der Waals surface area contributed by atoms with Crippen LogP contribution in [0.5, 0.6) is 0 Å². The Balaban J connectivity index is 2.32. The van der Waals surface area contributed by atoms with E-state index in [1.165, 1.54) is 0 Å². The minimum Gasteiger partial charge on any atom is -0.314 e. The van der Waals surface area contributed by atoms with Crippen molar-refractivity contribution in [1.29, 1.82) is 0 Å². The average molecular weight is 202 g/mol. The Hall–Kier alpha value is -0.183. The lowest BCUT2D eigenvalue weighted by Crippen LogP contribution is -2.33. The molecule has 0 unspecified atom stereocenters. The summed E-state index contributed by atoms with van der Waals surface area (Å²) in [4.78, 5) is 10.3. The summed E-state index contributed by atoms with van der Waals surface area (Å²) >= 11 is 0. The third-order valence-electron chi connectivity index (χ3n) is 3.13. The fourth-order valence-electron chi connectivity index (χ4n) is 2.26. The maximum Gasteiger partial charge on any atom is 0.247 e. The second-order valence-corrected chi connectivity index (χ2v) is 8.05. The maximum atomic E-state index is 14.0. The Kier molecular flexibility index (Phi) is 4.10. The predicted molar refractivity (Wildman–Crippen MR) is 55.0 cm³/mol. The summed E-state index contributed by atoms with van der Waals surface area (Å²) in [5.74, 6) is 0.491. The second kappa shape index (κ2) is 4.89. The number of halogens is 1. The number of carbonyl (C=O) groups excluding carboxylic acids is 1. The van der Waals surface area contributed by atoms with Gasteiger partial charge in [-0.05, 0) is 24.1 Å². The highest BCUT2D eigenvalue weighted by molar-refractivity contribution is 6.73. The molecule has 1 aliphatic rings. The Morgan fingerprint density at radius 1 is 1.46 bits per heavy atom. The summed E-state index contributed by atoms with van der Waals surface area (Å²) in [5, 5.41) is 0. The Labute approximate surface area is 80.9 Å². The van der Waals surface area contributed by atoms with Crippen molar-refractivity contribution in [3.8, 4) is 0 Å². The number of carbonyl (C=O) groups is 1. The van der Waals surface area contributed by atoms with E-state index >= 15 is 0 Å². The van der Waals surface area contributed by atoms with Gasteiger partial charge in [0, 0.05) is 6.42 Å². The summed E-state index contributed by atoms with van der Waals surface area (Å²) in [6, 6.07) is 2.44. The van der Waals surface area contributed by atoms with E-state index in [2.05, 4.69) is 6.92 Å². The van der Waals surface area contributed by atoms with Gasteiger partial charge in [-0.25, -0.2) is 0 Å². The summed E-state index contributed by atoms with van der Waals surface area (Å²) in [7, 11) is -2.32. The third-order valence-corrected chi connectivity index (χ3v) is 6.89. The van der Waals surface area contributed by atoms with E-state index in [0.717, 1.165) is 43.7 Å². The number of rotatable bonds is 4. The quantitative estimate of drug-likeness (QED) is 0.388. The molecule has 1 heterocycles. The maximum absolute atomic E-state index is 14.0. The lowest BCUT2D eigenvalue weighted by Gasteiger charge is -2.30. The molecule has 1 fully saturated rings. The summed E-state index contributed by atoms with van der Waals surface area (Å²) < 4.78 is 14.0. The molecule has 1 nitrogen and oxygen atoms in total. The van der Waals surface area contributed by atoms with Gasteiger partial charge in [0.1, 0.15) is 6.29 Å². The first-order valence-corrected chi connectivity index (χ1v) is 7.82. The van der Waals surface area contributed by atoms with Gasteiger partial charge in [-0.2, -0.15) is 0 Å². The van der Waals surface area contributed by atoms with Gasteiger partial charge in [0.2, 0.25) is 8.41 Å². The van der Waals surface area contributed by atoms with E-state index < -0.39 is 8.41 Å².